The average Bonchev–Trinajstić information content (AvgIpc) is 3.01. The Labute approximate surface area is 152 Å². The highest BCUT2D eigenvalue weighted by molar-refractivity contribution is 5.90. The number of carboxylic acids is 1. The second kappa shape index (κ2) is 7.32. The first kappa shape index (κ1) is 16.8. The molecule has 134 valence electrons. The number of hydrogen-bond acceptors (Lipinski definition) is 3. The maximum absolute atomic E-state index is 12.2. The van der Waals surface area contributed by atoms with Crippen LogP contribution in [0.25, 0.3) is 10.9 Å². The molecule has 1 aliphatic heterocycles. The molecule has 3 aromatic rings. The first-order chi connectivity index (χ1) is 12.7. The van der Waals surface area contributed by atoms with Gasteiger partial charge in [-0.3, -0.25) is 9.69 Å². The summed E-state index contributed by atoms with van der Waals surface area (Å²) in [6.07, 6.45) is 0.680. The molecule has 1 saturated heterocycles. The number of carbonyl (C=O) groups is 1. The third-order valence-electron chi connectivity index (χ3n) is 4.97. The predicted molar refractivity (Wildman–Crippen MR) is 100 cm³/mol. The molecule has 1 fully saturated rings. The molecular formula is C21H22N2O3. The Balaban J connectivity index is 1.82. The molecule has 1 unspecified atom stereocenters. The van der Waals surface area contributed by atoms with Crippen LogP contribution in [0.1, 0.15) is 22.9 Å². The Morgan fingerprint density at radius 1 is 1.08 bits per heavy atom. The molecule has 1 atom stereocenters. The highest BCUT2D eigenvalue weighted by Gasteiger charge is 2.33. The van der Waals surface area contributed by atoms with E-state index < -0.39 is 12.0 Å². The number of aromatic amines is 1. The van der Waals surface area contributed by atoms with Gasteiger partial charge < -0.3 is 14.8 Å². The summed E-state index contributed by atoms with van der Waals surface area (Å²) in [5, 5.41) is 11.0. The summed E-state index contributed by atoms with van der Waals surface area (Å²) in [6.45, 7) is 2.39. The van der Waals surface area contributed by atoms with Crippen LogP contribution in [-0.2, 0) is 16.0 Å². The van der Waals surface area contributed by atoms with E-state index in [1.54, 1.807) is 0 Å². The fourth-order valence-corrected chi connectivity index (χ4v) is 3.77. The maximum atomic E-state index is 12.2. The smallest absolute Gasteiger partial charge is 0.325 e. The largest absolute Gasteiger partial charge is 0.480 e. The standard InChI is InChI=1S/C21H22N2O3/c24-21(25)20(23-10-12-26-13-11-23)19-16-8-4-5-9-17(16)22-18(19)14-15-6-2-1-3-7-15/h1-9,20,22H,10-14H2,(H,24,25). The van der Waals surface area contributed by atoms with Crippen LogP contribution < -0.4 is 0 Å². The lowest BCUT2D eigenvalue weighted by Gasteiger charge is -2.32. The molecule has 0 radical (unpaired) electrons. The third kappa shape index (κ3) is 3.23. The van der Waals surface area contributed by atoms with Gasteiger partial charge in [0.2, 0.25) is 0 Å². The van der Waals surface area contributed by atoms with Gasteiger partial charge in [0.25, 0.3) is 0 Å². The fraction of sp³-hybridized carbons (Fsp3) is 0.286. The van der Waals surface area contributed by atoms with E-state index in [1.807, 2.05) is 47.4 Å². The lowest BCUT2D eigenvalue weighted by molar-refractivity contribution is -0.145. The van der Waals surface area contributed by atoms with Gasteiger partial charge in [0.1, 0.15) is 6.04 Å². The van der Waals surface area contributed by atoms with E-state index >= 15 is 0 Å². The van der Waals surface area contributed by atoms with Crippen LogP contribution in [0.4, 0.5) is 0 Å². The van der Waals surface area contributed by atoms with Gasteiger partial charge in [-0.15, -0.1) is 0 Å². The molecule has 0 aliphatic carbocycles. The summed E-state index contributed by atoms with van der Waals surface area (Å²) < 4.78 is 5.42. The zero-order chi connectivity index (χ0) is 17.9. The van der Waals surface area contributed by atoms with E-state index in [0.717, 1.165) is 27.7 Å². The van der Waals surface area contributed by atoms with Gasteiger partial charge in [-0.2, -0.15) is 0 Å². The number of fused-ring (bicyclic) bond motifs is 1. The normalized spacial score (nSPS) is 16.6. The van der Waals surface area contributed by atoms with Gasteiger partial charge >= 0.3 is 5.97 Å². The SMILES string of the molecule is O=C(O)C(c1c(Cc2ccccc2)[nH]c2ccccc12)N1CCOCC1. The summed E-state index contributed by atoms with van der Waals surface area (Å²) in [5.41, 5.74) is 3.98. The molecule has 0 spiro atoms. The molecule has 5 heteroatoms. The van der Waals surface area contributed by atoms with E-state index in [0.29, 0.717) is 32.7 Å². The number of para-hydroxylation sites is 1. The van der Waals surface area contributed by atoms with Crippen LogP contribution in [-0.4, -0.2) is 47.3 Å². The van der Waals surface area contributed by atoms with Gasteiger partial charge in [-0.25, -0.2) is 0 Å². The number of nitrogens with one attached hydrogen (secondary N) is 1. The predicted octanol–water partition coefficient (Wildman–Crippen LogP) is 3.22. The molecule has 4 rings (SSSR count). The zero-order valence-electron chi connectivity index (χ0n) is 14.5. The van der Waals surface area contributed by atoms with Crippen molar-refractivity contribution in [1.29, 1.82) is 0 Å². The summed E-state index contributed by atoms with van der Waals surface area (Å²) in [5.74, 6) is -0.814. The summed E-state index contributed by atoms with van der Waals surface area (Å²) in [6, 6.07) is 17.4. The monoisotopic (exact) mass is 350 g/mol. The number of aliphatic carboxylic acids is 1. The first-order valence-corrected chi connectivity index (χ1v) is 8.92. The van der Waals surface area contributed by atoms with Crippen molar-refractivity contribution in [2.24, 2.45) is 0 Å². The number of ether oxygens (including phenoxy) is 1. The van der Waals surface area contributed by atoms with E-state index in [-0.39, 0.29) is 0 Å². The van der Waals surface area contributed by atoms with Gasteiger partial charge in [-0.05, 0) is 11.6 Å². The number of H-pyrrole nitrogens is 1. The number of aromatic nitrogens is 1. The number of hydrogen-bond donors (Lipinski definition) is 2. The van der Waals surface area contributed by atoms with Crippen molar-refractivity contribution >= 4 is 16.9 Å². The third-order valence-corrected chi connectivity index (χ3v) is 4.97. The summed E-state index contributed by atoms with van der Waals surface area (Å²) in [7, 11) is 0. The van der Waals surface area contributed by atoms with Gasteiger partial charge in [0.05, 0.1) is 13.2 Å². The topological polar surface area (TPSA) is 65.6 Å². The van der Waals surface area contributed by atoms with E-state index in [2.05, 4.69) is 17.1 Å². The van der Waals surface area contributed by atoms with Crippen molar-refractivity contribution in [3.63, 3.8) is 0 Å². The van der Waals surface area contributed by atoms with E-state index in [4.69, 9.17) is 4.74 Å². The minimum Gasteiger partial charge on any atom is -0.480 e. The van der Waals surface area contributed by atoms with Crippen molar-refractivity contribution in [2.45, 2.75) is 12.5 Å². The van der Waals surface area contributed by atoms with Gasteiger partial charge in [-0.1, -0.05) is 48.5 Å². The molecule has 0 saturated carbocycles. The highest BCUT2D eigenvalue weighted by Crippen LogP contribution is 2.33. The molecule has 1 aromatic heterocycles. The fourth-order valence-electron chi connectivity index (χ4n) is 3.77. The molecule has 5 nitrogen and oxygen atoms in total. The Hall–Kier alpha value is -2.63. The van der Waals surface area contributed by atoms with Gasteiger partial charge in [0, 0.05) is 41.7 Å². The molecule has 26 heavy (non-hydrogen) atoms. The minimum absolute atomic E-state index is 0.570. The number of nitrogens with zero attached hydrogens (tertiary/aromatic N) is 1. The van der Waals surface area contributed by atoms with Crippen LogP contribution in [0.15, 0.2) is 54.6 Å². The Morgan fingerprint density at radius 3 is 2.50 bits per heavy atom. The first-order valence-electron chi connectivity index (χ1n) is 8.92. The average molecular weight is 350 g/mol. The van der Waals surface area contributed by atoms with Crippen LogP contribution in [0.3, 0.4) is 0 Å². The second-order valence-corrected chi connectivity index (χ2v) is 6.61. The van der Waals surface area contributed by atoms with Crippen molar-refractivity contribution in [3.05, 3.63) is 71.4 Å². The van der Waals surface area contributed by atoms with Crippen molar-refractivity contribution in [1.82, 2.24) is 9.88 Å². The number of carboxylic acid groups (broad SMARTS) is 1. The number of rotatable bonds is 5. The molecule has 0 amide bonds. The van der Waals surface area contributed by atoms with Crippen molar-refractivity contribution in [3.8, 4) is 0 Å². The van der Waals surface area contributed by atoms with E-state index in [1.165, 1.54) is 0 Å². The Bertz CT molecular complexity index is 898. The number of benzene rings is 2. The molecule has 2 aromatic carbocycles. The molecule has 2 heterocycles. The Morgan fingerprint density at radius 2 is 1.77 bits per heavy atom. The lowest BCUT2D eigenvalue weighted by atomic mass is 9.97. The maximum Gasteiger partial charge on any atom is 0.325 e. The van der Waals surface area contributed by atoms with Gasteiger partial charge in [0.15, 0.2) is 0 Å². The van der Waals surface area contributed by atoms with Crippen molar-refractivity contribution in [2.75, 3.05) is 26.3 Å². The van der Waals surface area contributed by atoms with E-state index in [9.17, 15) is 9.90 Å². The lowest BCUT2D eigenvalue weighted by Crippen LogP contribution is -2.42. The highest BCUT2D eigenvalue weighted by atomic mass is 16.5. The van der Waals surface area contributed by atoms with Crippen LogP contribution in [0, 0.1) is 0 Å². The van der Waals surface area contributed by atoms with Crippen molar-refractivity contribution < 1.29 is 14.6 Å². The second-order valence-electron chi connectivity index (χ2n) is 6.61. The Kier molecular flexibility index (Phi) is 4.73. The molecule has 1 aliphatic rings. The zero-order valence-corrected chi connectivity index (χ0v) is 14.5. The quantitative estimate of drug-likeness (QED) is 0.741. The molecular weight excluding hydrogens is 328 g/mol. The summed E-state index contributed by atoms with van der Waals surface area (Å²) in [4.78, 5) is 17.7. The summed E-state index contributed by atoms with van der Waals surface area (Å²) >= 11 is 0. The van der Waals surface area contributed by atoms with Crippen LogP contribution >= 0.6 is 0 Å². The molecule has 0 bridgehead atoms. The van der Waals surface area contributed by atoms with Crippen LogP contribution in [0.2, 0.25) is 0 Å². The molecule has 2 N–H and O–H groups in total. The van der Waals surface area contributed by atoms with Crippen LogP contribution in [0.5, 0.6) is 0 Å². The minimum atomic E-state index is -0.814. The number of morpholine rings is 1.